The highest BCUT2D eigenvalue weighted by Crippen LogP contribution is 2.48. The van der Waals surface area contributed by atoms with E-state index in [0.29, 0.717) is 5.92 Å². The van der Waals surface area contributed by atoms with E-state index >= 15 is 0 Å². The first-order valence-electron chi connectivity index (χ1n) is 6.71. The van der Waals surface area contributed by atoms with Gasteiger partial charge in [0, 0.05) is 23.9 Å². The van der Waals surface area contributed by atoms with Crippen LogP contribution in [0, 0.1) is 5.92 Å². The smallest absolute Gasteiger partial charge is 0.123 e. The van der Waals surface area contributed by atoms with Crippen molar-refractivity contribution >= 4 is 11.6 Å². The van der Waals surface area contributed by atoms with Crippen LogP contribution in [0.3, 0.4) is 0 Å². The van der Waals surface area contributed by atoms with E-state index in [0.717, 1.165) is 23.7 Å². The van der Waals surface area contributed by atoms with Gasteiger partial charge in [-0.15, -0.1) is 0 Å². The molecule has 98 valence electrons. The monoisotopic (exact) mass is 265 g/mol. The molecule has 1 aromatic rings. The standard InChI is InChI=1S/C15H20ClNO/c1-17(2)10-12-4-3-7-15(12)9-11-8-13(16)5-6-14(11)18-15/h5-6,8,12H,3-4,7,9-10H2,1-2H3/t12-,15+/m1/s1. The Kier molecular flexibility index (Phi) is 3.03. The Morgan fingerprint density at radius 1 is 1.44 bits per heavy atom. The van der Waals surface area contributed by atoms with Crippen LogP contribution in [-0.2, 0) is 6.42 Å². The first kappa shape index (κ1) is 12.3. The van der Waals surface area contributed by atoms with E-state index < -0.39 is 0 Å². The molecule has 1 spiro atoms. The van der Waals surface area contributed by atoms with Gasteiger partial charge < -0.3 is 9.64 Å². The van der Waals surface area contributed by atoms with E-state index in [9.17, 15) is 0 Å². The first-order valence-corrected chi connectivity index (χ1v) is 7.09. The largest absolute Gasteiger partial charge is 0.486 e. The highest BCUT2D eigenvalue weighted by atomic mass is 35.5. The maximum Gasteiger partial charge on any atom is 0.123 e. The van der Waals surface area contributed by atoms with Gasteiger partial charge in [0.1, 0.15) is 11.4 Å². The molecule has 1 fully saturated rings. The third kappa shape index (κ3) is 2.02. The lowest BCUT2D eigenvalue weighted by Crippen LogP contribution is -2.42. The third-order valence-corrected chi connectivity index (χ3v) is 4.54. The van der Waals surface area contributed by atoms with Gasteiger partial charge in [0.25, 0.3) is 0 Å². The number of rotatable bonds is 2. The minimum absolute atomic E-state index is 0.0390. The van der Waals surface area contributed by atoms with Crippen LogP contribution in [0.1, 0.15) is 24.8 Å². The summed E-state index contributed by atoms with van der Waals surface area (Å²) < 4.78 is 6.34. The van der Waals surface area contributed by atoms with Crippen LogP contribution < -0.4 is 4.74 Å². The fraction of sp³-hybridized carbons (Fsp3) is 0.600. The molecule has 1 heterocycles. The summed E-state index contributed by atoms with van der Waals surface area (Å²) in [6.07, 6.45) is 4.76. The molecule has 0 saturated heterocycles. The number of ether oxygens (including phenoxy) is 1. The predicted molar refractivity (Wildman–Crippen MR) is 74.4 cm³/mol. The lowest BCUT2D eigenvalue weighted by molar-refractivity contribution is 0.0408. The van der Waals surface area contributed by atoms with Crippen molar-refractivity contribution in [2.75, 3.05) is 20.6 Å². The molecule has 3 rings (SSSR count). The molecule has 0 N–H and O–H groups in total. The molecule has 0 radical (unpaired) electrons. The van der Waals surface area contributed by atoms with Gasteiger partial charge in [0.05, 0.1) is 0 Å². The van der Waals surface area contributed by atoms with Gasteiger partial charge >= 0.3 is 0 Å². The Hall–Kier alpha value is -0.730. The minimum atomic E-state index is 0.0390. The number of hydrogen-bond donors (Lipinski definition) is 0. The van der Waals surface area contributed by atoms with Crippen molar-refractivity contribution in [2.24, 2.45) is 5.92 Å². The van der Waals surface area contributed by atoms with Crippen LogP contribution in [0.5, 0.6) is 5.75 Å². The summed E-state index contributed by atoms with van der Waals surface area (Å²) >= 11 is 6.08. The first-order chi connectivity index (χ1) is 8.59. The van der Waals surface area contributed by atoms with Crippen LogP contribution in [0.4, 0.5) is 0 Å². The molecular weight excluding hydrogens is 246 g/mol. The van der Waals surface area contributed by atoms with Crippen molar-refractivity contribution in [1.82, 2.24) is 4.90 Å². The molecule has 1 saturated carbocycles. The Balaban J connectivity index is 1.86. The Morgan fingerprint density at radius 3 is 3.06 bits per heavy atom. The summed E-state index contributed by atoms with van der Waals surface area (Å²) in [4.78, 5) is 2.27. The fourth-order valence-electron chi connectivity index (χ4n) is 3.54. The van der Waals surface area contributed by atoms with E-state index in [1.807, 2.05) is 12.1 Å². The van der Waals surface area contributed by atoms with E-state index in [1.165, 1.54) is 24.8 Å². The van der Waals surface area contributed by atoms with E-state index in [-0.39, 0.29) is 5.60 Å². The summed E-state index contributed by atoms with van der Waals surface area (Å²) in [7, 11) is 4.29. The topological polar surface area (TPSA) is 12.5 Å². The third-order valence-electron chi connectivity index (χ3n) is 4.31. The molecular formula is C15H20ClNO. The van der Waals surface area contributed by atoms with Crippen molar-refractivity contribution in [3.05, 3.63) is 28.8 Å². The Bertz CT molecular complexity index is 460. The molecule has 2 aliphatic rings. The Morgan fingerprint density at radius 2 is 2.28 bits per heavy atom. The van der Waals surface area contributed by atoms with Gasteiger partial charge in [-0.25, -0.2) is 0 Å². The second kappa shape index (κ2) is 4.43. The van der Waals surface area contributed by atoms with Gasteiger partial charge in [-0.3, -0.25) is 0 Å². The molecule has 1 aromatic carbocycles. The number of nitrogens with zero attached hydrogens (tertiary/aromatic N) is 1. The van der Waals surface area contributed by atoms with Crippen LogP contribution in [-0.4, -0.2) is 31.1 Å². The average Bonchev–Trinajstić information content (AvgIpc) is 2.83. The average molecular weight is 266 g/mol. The quantitative estimate of drug-likeness (QED) is 0.813. The van der Waals surface area contributed by atoms with Crippen LogP contribution in [0.2, 0.25) is 5.02 Å². The SMILES string of the molecule is CN(C)C[C@H]1CCC[C@]12Cc1cc(Cl)ccc1O2. The summed E-state index contributed by atoms with van der Waals surface area (Å²) in [5.74, 6) is 1.68. The maximum atomic E-state index is 6.34. The van der Waals surface area contributed by atoms with Crippen molar-refractivity contribution in [1.29, 1.82) is 0 Å². The highest BCUT2D eigenvalue weighted by Gasteiger charge is 2.48. The van der Waals surface area contributed by atoms with Crippen molar-refractivity contribution in [3.63, 3.8) is 0 Å². The van der Waals surface area contributed by atoms with Gasteiger partial charge in [-0.1, -0.05) is 11.6 Å². The lowest BCUT2D eigenvalue weighted by Gasteiger charge is -2.32. The lowest BCUT2D eigenvalue weighted by atomic mass is 9.86. The van der Waals surface area contributed by atoms with Crippen LogP contribution in [0.25, 0.3) is 0 Å². The van der Waals surface area contributed by atoms with Crippen molar-refractivity contribution in [3.8, 4) is 5.75 Å². The van der Waals surface area contributed by atoms with E-state index in [4.69, 9.17) is 16.3 Å². The molecule has 0 amide bonds. The molecule has 3 heteroatoms. The van der Waals surface area contributed by atoms with Crippen LogP contribution in [0.15, 0.2) is 18.2 Å². The highest BCUT2D eigenvalue weighted by molar-refractivity contribution is 6.30. The molecule has 1 aliphatic heterocycles. The molecule has 2 atom stereocenters. The fourth-order valence-corrected chi connectivity index (χ4v) is 3.74. The van der Waals surface area contributed by atoms with Gasteiger partial charge in [-0.2, -0.15) is 0 Å². The summed E-state index contributed by atoms with van der Waals surface area (Å²) in [5.41, 5.74) is 1.32. The van der Waals surface area contributed by atoms with E-state index in [1.54, 1.807) is 0 Å². The summed E-state index contributed by atoms with van der Waals surface area (Å²) in [6.45, 7) is 1.11. The number of benzene rings is 1. The maximum absolute atomic E-state index is 6.34. The van der Waals surface area contributed by atoms with Crippen LogP contribution >= 0.6 is 11.6 Å². The molecule has 0 unspecified atom stereocenters. The molecule has 0 bridgehead atoms. The second-order valence-electron chi connectivity index (χ2n) is 5.95. The van der Waals surface area contributed by atoms with E-state index in [2.05, 4.69) is 25.1 Å². The van der Waals surface area contributed by atoms with Gasteiger partial charge in [0.2, 0.25) is 0 Å². The minimum Gasteiger partial charge on any atom is -0.486 e. The van der Waals surface area contributed by atoms with Crippen molar-refractivity contribution < 1.29 is 4.74 Å². The molecule has 2 nitrogen and oxygen atoms in total. The zero-order chi connectivity index (χ0) is 12.8. The van der Waals surface area contributed by atoms with Gasteiger partial charge in [0.15, 0.2) is 0 Å². The van der Waals surface area contributed by atoms with Gasteiger partial charge in [-0.05, 0) is 57.1 Å². The zero-order valence-electron chi connectivity index (χ0n) is 11.1. The number of fused-ring (bicyclic) bond motifs is 1. The zero-order valence-corrected chi connectivity index (χ0v) is 11.8. The Labute approximate surface area is 114 Å². The predicted octanol–water partition coefficient (Wildman–Crippen LogP) is 3.38. The number of hydrogen-bond acceptors (Lipinski definition) is 2. The summed E-state index contributed by atoms with van der Waals surface area (Å²) in [5, 5.41) is 0.816. The molecule has 1 aliphatic carbocycles. The second-order valence-corrected chi connectivity index (χ2v) is 6.38. The molecule has 18 heavy (non-hydrogen) atoms. The molecule has 0 aromatic heterocycles. The number of halogens is 1. The normalized spacial score (nSPS) is 29.9. The van der Waals surface area contributed by atoms with Crippen molar-refractivity contribution in [2.45, 2.75) is 31.3 Å². The summed E-state index contributed by atoms with van der Waals surface area (Å²) in [6, 6.07) is 6.02.